The van der Waals surface area contributed by atoms with E-state index in [1.165, 1.54) is 0 Å². The number of rotatable bonds is 4. The van der Waals surface area contributed by atoms with E-state index in [1.807, 2.05) is 73.0 Å². The van der Waals surface area contributed by atoms with Crippen LogP contribution in [0, 0.1) is 0 Å². The molecule has 3 rings (SSSR count). The number of thiocarbonyl (C=S) groups is 1. The van der Waals surface area contributed by atoms with E-state index in [2.05, 4.69) is 20.8 Å². The van der Waals surface area contributed by atoms with Crippen LogP contribution >= 0.6 is 12.2 Å². The average Bonchev–Trinajstić information content (AvgIpc) is 2.64. The Labute approximate surface area is 140 Å². The topological polar surface area (TPSA) is 49.3 Å². The zero-order chi connectivity index (χ0) is 15.9. The van der Waals surface area contributed by atoms with Gasteiger partial charge in [0.2, 0.25) is 0 Å². The van der Waals surface area contributed by atoms with Crippen LogP contribution in [0.3, 0.4) is 0 Å². The molecule has 0 aliphatic carbocycles. The van der Waals surface area contributed by atoms with E-state index in [0.717, 1.165) is 17.0 Å². The molecule has 1 atom stereocenters. The molecule has 1 unspecified atom stereocenters. The van der Waals surface area contributed by atoms with Crippen molar-refractivity contribution in [2.75, 3.05) is 0 Å². The van der Waals surface area contributed by atoms with Gasteiger partial charge in [0.15, 0.2) is 0 Å². The van der Waals surface area contributed by atoms with E-state index in [4.69, 9.17) is 12.2 Å². The van der Waals surface area contributed by atoms with Crippen molar-refractivity contribution in [3.05, 3.63) is 90.4 Å². The van der Waals surface area contributed by atoms with Gasteiger partial charge in [0.05, 0.1) is 11.7 Å². The van der Waals surface area contributed by atoms with E-state index < -0.39 is 0 Å². The van der Waals surface area contributed by atoms with Gasteiger partial charge in [-0.2, -0.15) is 5.10 Å². The van der Waals surface area contributed by atoms with Crippen molar-refractivity contribution < 1.29 is 0 Å². The predicted molar refractivity (Wildman–Crippen MR) is 97.3 cm³/mol. The summed E-state index contributed by atoms with van der Waals surface area (Å²) < 4.78 is 0. The third-order valence-electron chi connectivity index (χ3n) is 3.32. The van der Waals surface area contributed by atoms with Gasteiger partial charge in [0.25, 0.3) is 0 Å². The second-order valence-corrected chi connectivity index (χ2v) is 5.32. The lowest BCUT2D eigenvalue weighted by Crippen LogP contribution is -2.35. The number of hydrazone groups is 1. The highest BCUT2D eigenvalue weighted by molar-refractivity contribution is 7.80. The molecule has 0 fully saturated rings. The standard InChI is InChI=1S/C18H16N4S/c23-18(14-8-2-1-3-9-14)22-21-17(15-10-4-6-12-19-15)16-11-5-7-13-20-16/h1-13,15,19H,(H,22,23)/b21-17+. The highest BCUT2D eigenvalue weighted by Gasteiger charge is 2.16. The molecule has 2 aromatic rings. The van der Waals surface area contributed by atoms with Gasteiger partial charge >= 0.3 is 0 Å². The van der Waals surface area contributed by atoms with E-state index in [-0.39, 0.29) is 6.04 Å². The molecule has 1 aliphatic rings. The Balaban J connectivity index is 1.84. The molecule has 0 saturated carbocycles. The molecule has 5 heteroatoms. The first kappa shape index (κ1) is 15.1. The fourth-order valence-corrected chi connectivity index (χ4v) is 2.36. The number of allylic oxidation sites excluding steroid dienone is 2. The number of hydrogen-bond donors (Lipinski definition) is 2. The third-order valence-corrected chi connectivity index (χ3v) is 3.65. The highest BCUT2D eigenvalue weighted by atomic mass is 32.1. The molecule has 4 nitrogen and oxygen atoms in total. The maximum atomic E-state index is 5.40. The Kier molecular flexibility index (Phi) is 4.91. The summed E-state index contributed by atoms with van der Waals surface area (Å²) in [5.74, 6) is 0. The summed E-state index contributed by atoms with van der Waals surface area (Å²) in [7, 11) is 0. The van der Waals surface area contributed by atoms with E-state index >= 15 is 0 Å². The van der Waals surface area contributed by atoms with Crippen LogP contribution < -0.4 is 10.7 Å². The van der Waals surface area contributed by atoms with Gasteiger partial charge in [-0.3, -0.25) is 10.4 Å². The minimum atomic E-state index is -0.0547. The van der Waals surface area contributed by atoms with Crippen LogP contribution in [0.15, 0.2) is 84.3 Å². The summed E-state index contributed by atoms with van der Waals surface area (Å²) in [4.78, 5) is 4.97. The lowest BCUT2D eigenvalue weighted by Gasteiger charge is -2.18. The Hall–Kier alpha value is -2.79. The summed E-state index contributed by atoms with van der Waals surface area (Å²) in [5.41, 5.74) is 5.49. The number of nitrogens with zero attached hydrogens (tertiary/aromatic N) is 2. The molecule has 1 aromatic carbocycles. The van der Waals surface area contributed by atoms with Crippen LogP contribution in [0.25, 0.3) is 0 Å². The van der Waals surface area contributed by atoms with Crippen molar-refractivity contribution in [1.29, 1.82) is 0 Å². The molecule has 0 bridgehead atoms. The maximum absolute atomic E-state index is 5.40. The second kappa shape index (κ2) is 7.47. The summed E-state index contributed by atoms with van der Waals surface area (Å²) in [5, 5.41) is 7.77. The Bertz CT molecular complexity index is 751. The summed E-state index contributed by atoms with van der Waals surface area (Å²) in [6.45, 7) is 0. The van der Waals surface area contributed by atoms with Crippen molar-refractivity contribution in [3.63, 3.8) is 0 Å². The zero-order valence-electron chi connectivity index (χ0n) is 12.4. The molecule has 0 radical (unpaired) electrons. The lowest BCUT2D eigenvalue weighted by molar-refractivity contribution is 0.846. The van der Waals surface area contributed by atoms with Crippen molar-refractivity contribution in [3.8, 4) is 0 Å². The van der Waals surface area contributed by atoms with Crippen molar-refractivity contribution in [1.82, 2.24) is 15.7 Å². The van der Waals surface area contributed by atoms with Crippen LogP contribution in [0.5, 0.6) is 0 Å². The number of dihydropyridines is 1. The van der Waals surface area contributed by atoms with Crippen LogP contribution in [0.4, 0.5) is 0 Å². The normalized spacial score (nSPS) is 16.7. The zero-order valence-corrected chi connectivity index (χ0v) is 13.2. The fraction of sp³-hybridized carbons (Fsp3) is 0.0556. The Morgan fingerprint density at radius 3 is 2.61 bits per heavy atom. The molecule has 0 spiro atoms. The third kappa shape index (κ3) is 3.90. The molecular weight excluding hydrogens is 304 g/mol. The monoisotopic (exact) mass is 320 g/mol. The smallest absolute Gasteiger partial charge is 0.126 e. The lowest BCUT2D eigenvalue weighted by atomic mass is 10.1. The van der Waals surface area contributed by atoms with Crippen LogP contribution in [0.1, 0.15) is 11.3 Å². The van der Waals surface area contributed by atoms with Crippen molar-refractivity contribution in [2.24, 2.45) is 5.10 Å². The molecule has 1 aliphatic heterocycles. The van der Waals surface area contributed by atoms with Crippen LogP contribution in [0.2, 0.25) is 0 Å². The minimum absolute atomic E-state index is 0.0547. The summed E-state index contributed by atoms with van der Waals surface area (Å²) >= 11 is 5.40. The van der Waals surface area contributed by atoms with E-state index in [9.17, 15) is 0 Å². The quantitative estimate of drug-likeness (QED) is 0.517. The SMILES string of the molecule is S=C(N/N=C(/c1ccccn1)C1C=CC=CN1)c1ccccc1. The van der Waals surface area contributed by atoms with Gasteiger partial charge in [-0.25, -0.2) is 0 Å². The fourth-order valence-electron chi connectivity index (χ4n) is 2.18. The maximum Gasteiger partial charge on any atom is 0.126 e. The molecule has 0 saturated heterocycles. The van der Waals surface area contributed by atoms with Crippen LogP contribution in [-0.2, 0) is 0 Å². The van der Waals surface area contributed by atoms with E-state index in [1.54, 1.807) is 6.20 Å². The number of aromatic nitrogens is 1. The highest BCUT2D eigenvalue weighted by Crippen LogP contribution is 2.06. The average molecular weight is 320 g/mol. The number of nitrogens with one attached hydrogen (secondary N) is 2. The first-order valence-corrected chi connectivity index (χ1v) is 7.69. The molecule has 2 N–H and O–H groups in total. The van der Waals surface area contributed by atoms with Crippen molar-refractivity contribution >= 4 is 22.9 Å². The predicted octanol–water partition coefficient (Wildman–Crippen LogP) is 2.79. The van der Waals surface area contributed by atoms with Gasteiger partial charge in [-0.05, 0) is 24.4 Å². The second-order valence-electron chi connectivity index (χ2n) is 4.91. The van der Waals surface area contributed by atoms with Gasteiger partial charge in [-0.15, -0.1) is 0 Å². The van der Waals surface area contributed by atoms with Gasteiger partial charge in [0.1, 0.15) is 10.7 Å². The summed E-state index contributed by atoms with van der Waals surface area (Å²) in [6.07, 6.45) is 9.59. The molecule has 0 amide bonds. The molecule has 114 valence electrons. The number of pyridine rings is 1. The van der Waals surface area contributed by atoms with Gasteiger partial charge < -0.3 is 5.32 Å². The largest absolute Gasteiger partial charge is 0.379 e. The number of benzene rings is 1. The molecule has 1 aromatic heterocycles. The Morgan fingerprint density at radius 2 is 1.91 bits per heavy atom. The number of hydrogen-bond acceptors (Lipinski definition) is 4. The minimum Gasteiger partial charge on any atom is -0.379 e. The van der Waals surface area contributed by atoms with Gasteiger partial charge in [0, 0.05) is 11.8 Å². The summed E-state index contributed by atoms with van der Waals surface area (Å²) in [6, 6.07) is 15.5. The van der Waals surface area contributed by atoms with E-state index in [0.29, 0.717) is 4.99 Å². The first-order valence-electron chi connectivity index (χ1n) is 7.28. The van der Waals surface area contributed by atoms with Crippen LogP contribution in [-0.4, -0.2) is 21.7 Å². The molecule has 23 heavy (non-hydrogen) atoms. The molecular formula is C18H16N4S. The van der Waals surface area contributed by atoms with Gasteiger partial charge in [-0.1, -0.05) is 60.8 Å². The Morgan fingerprint density at radius 1 is 1.09 bits per heavy atom. The van der Waals surface area contributed by atoms with Crippen molar-refractivity contribution in [2.45, 2.75) is 6.04 Å². The molecule has 2 heterocycles. The first-order chi connectivity index (χ1) is 11.3.